The van der Waals surface area contributed by atoms with Gasteiger partial charge in [0.2, 0.25) is 12.7 Å². The highest BCUT2D eigenvalue weighted by Crippen LogP contribution is 2.51. The van der Waals surface area contributed by atoms with Gasteiger partial charge in [-0.1, -0.05) is 26.8 Å². The minimum atomic E-state index is -0.493. The van der Waals surface area contributed by atoms with E-state index in [4.69, 9.17) is 9.47 Å². The molecule has 3 aliphatic rings. The van der Waals surface area contributed by atoms with Crippen molar-refractivity contribution in [1.82, 2.24) is 4.98 Å². The highest BCUT2D eigenvalue weighted by Gasteiger charge is 2.51. The number of H-pyrrole nitrogens is 1. The predicted octanol–water partition coefficient (Wildman–Crippen LogP) is 4.99. The fourth-order valence-electron chi connectivity index (χ4n) is 4.60. The Labute approximate surface area is 180 Å². The van der Waals surface area contributed by atoms with Gasteiger partial charge in [-0.15, -0.1) is 0 Å². The maximum absolute atomic E-state index is 13.3. The molecule has 1 unspecified atom stereocenters. The number of aromatic nitrogens is 1. The third kappa shape index (κ3) is 2.92. The molecule has 0 bridgehead atoms. The van der Waals surface area contributed by atoms with Crippen LogP contribution < -0.4 is 14.8 Å². The molecule has 0 radical (unpaired) electrons. The van der Waals surface area contributed by atoms with Crippen LogP contribution in [0, 0.1) is 0 Å². The second-order valence-corrected chi connectivity index (χ2v) is 9.77. The first-order chi connectivity index (χ1) is 14.8. The summed E-state index contributed by atoms with van der Waals surface area (Å²) >= 11 is 0. The van der Waals surface area contributed by atoms with Crippen molar-refractivity contribution in [3.63, 3.8) is 0 Å². The van der Waals surface area contributed by atoms with E-state index >= 15 is 0 Å². The Hall–Kier alpha value is -3.28. The van der Waals surface area contributed by atoms with Gasteiger partial charge in [0.15, 0.2) is 11.5 Å². The predicted molar refractivity (Wildman–Crippen MR) is 120 cm³/mol. The molecule has 2 aliphatic heterocycles. The first kappa shape index (κ1) is 18.5. The van der Waals surface area contributed by atoms with Crippen LogP contribution in [0.1, 0.15) is 56.5 Å². The number of nitrogens with one attached hydrogen (secondary N) is 2. The number of hydrogen-bond donors (Lipinski definition) is 2. The molecule has 1 aromatic heterocycles. The van der Waals surface area contributed by atoms with Crippen LogP contribution >= 0.6 is 0 Å². The lowest BCUT2D eigenvalue weighted by Crippen LogP contribution is -2.27. The van der Waals surface area contributed by atoms with Crippen LogP contribution in [0.5, 0.6) is 11.5 Å². The number of benzene rings is 2. The number of hydrogen-bond acceptors (Lipinski definition) is 4. The standard InChI is InChI=1S/C25H25N3O3/c1-24(2,3)22-21(18-12-26-18)16-11-15(5-6-17(16)28-22)27-23(29)25(8-9-25)14-4-7-19-20(10-14)31-13-30-19/h4-7,10-12,18,28H,8-9,13H2,1-3H3,(H,27,29). The number of ether oxygens (including phenoxy) is 2. The van der Waals surface area contributed by atoms with E-state index in [1.807, 2.05) is 36.5 Å². The maximum atomic E-state index is 13.3. The Balaban J connectivity index is 1.32. The molecule has 3 aromatic rings. The van der Waals surface area contributed by atoms with Crippen molar-refractivity contribution in [3.8, 4) is 11.5 Å². The van der Waals surface area contributed by atoms with Crippen molar-refractivity contribution in [2.75, 3.05) is 12.1 Å². The quantitative estimate of drug-likeness (QED) is 0.630. The van der Waals surface area contributed by atoms with Gasteiger partial charge in [0.05, 0.1) is 5.41 Å². The zero-order valence-corrected chi connectivity index (χ0v) is 17.9. The molecule has 6 rings (SSSR count). The number of amides is 1. The van der Waals surface area contributed by atoms with Crippen LogP contribution in [-0.4, -0.2) is 23.9 Å². The first-order valence-corrected chi connectivity index (χ1v) is 10.8. The molecular weight excluding hydrogens is 390 g/mol. The summed E-state index contributed by atoms with van der Waals surface area (Å²) in [5.41, 5.74) is 4.78. The van der Waals surface area contributed by atoms with Gasteiger partial charge < -0.3 is 19.8 Å². The maximum Gasteiger partial charge on any atom is 0.235 e. The molecule has 1 fully saturated rings. The third-order valence-corrected chi connectivity index (χ3v) is 6.55. The summed E-state index contributed by atoms with van der Waals surface area (Å²) in [5, 5.41) is 4.30. The third-order valence-electron chi connectivity index (χ3n) is 6.55. The molecule has 2 N–H and O–H groups in total. The lowest BCUT2D eigenvalue weighted by Gasteiger charge is -2.19. The molecule has 2 aromatic carbocycles. The molecule has 1 atom stereocenters. The second-order valence-electron chi connectivity index (χ2n) is 9.77. The monoisotopic (exact) mass is 415 g/mol. The Kier molecular flexibility index (Phi) is 3.65. The lowest BCUT2D eigenvalue weighted by atomic mass is 9.87. The normalized spacial score (nSPS) is 20.2. The summed E-state index contributed by atoms with van der Waals surface area (Å²) in [6.45, 7) is 6.84. The van der Waals surface area contributed by atoms with Crippen molar-refractivity contribution in [3.05, 3.63) is 53.2 Å². The van der Waals surface area contributed by atoms with Gasteiger partial charge in [-0.2, -0.15) is 0 Å². The summed E-state index contributed by atoms with van der Waals surface area (Å²) in [5.74, 6) is 1.48. The van der Waals surface area contributed by atoms with E-state index in [1.165, 1.54) is 11.3 Å². The number of carbonyl (C=O) groups excluding carboxylic acids is 1. The highest BCUT2D eigenvalue weighted by atomic mass is 16.7. The van der Waals surface area contributed by atoms with Crippen molar-refractivity contribution >= 4 is 28.7 Å². The van der Waals surface area contributed by atoms with Gasteiger partial charge in [-0.25, -0.2) is 0 Å². The van der Waals surface area contributed by atoms with Crippen molar-refractivity contribution < 1.29 is 14.3 Å². The Bertz CT molecular complexity index is 1250. The Morgan fingerprint density at radius 1 is 1.13 bits per heavy atom. The van der Waals surface area contributed by atoms with E-state index in [9.17, 15) is 4.79 Å². The van der Waals surface area contributed by atoms with Gasteiger partial charge in [0.25, 0.3) is 0 Å². The molecular formula is C25H25N3O3. The highest BCUT2D eigenvalue weighted by molar-refractivity contribution is 6.03. The Morgan fingerprint density at radius 3 is 2.61 bits per heavy atom. The average molecular weight is 415 g/mol. The number of aliphatic imine (C=N–C) groups is 1. The molecule has 3 heterocycles. The molecule has 31 heavy (non-hydrogen) atoms. The molecule has 1 saturated carbocycles. The molecule has 158 valence electrons. The van der Waals surface area contributed by atoms with Crippen LogP contribution in [0.15, 0.2) is 41.4 Å². The number of fused-ring (bicyclic) bond motifs is 2. The summed E-state index contributed by atoms with van der Waals surface area (Å²) in [7, 11) is 0. The van der Waals surface area contributed by atoms with Crippen molar-refractivity contribution in [2.24, 2.45) is 4.99 Å². The van der Waals surface area contributed by atoms with Crippen LogP contribution in [0.3, 0.4) is 0 Å². The van der Waals surface area contributed by atoms with E-state index in [1.54, 1.807) is 0 Å². The van der Waals surface area contributed by atoms with Crippen LogP contribution in [-0.2, 0) is 15.6 Å². The van der Waals surface area contributed by atoms with Gasteiger partial charge in [0.1, 0.15) is 6.04 Å². The largest absolute Gasteiger partial charge is 0.454 e. The van der Waals surface area contributed by atoms with Gasteiger partial charge in [-0.05, 0) is 48.7 Å². The summed E-state index contributed by atoms with van der Waals surface area (Å²) in [6.07, 6.45) is 3.64. The van der Waals surface area contributed by atoms with Gasteiger partial charge in [0, 0.05) is 39.5 Å². The first-order valence-electron chi connectivity index (χ1n) is 10.8. The van der Waals surface area contributed by atoms with E-state index < -0.39 is 5.41 Å². The van der Waals surface area contributed by atoms with E-state index in [2.05, 4.69) is 42.1 Å². The topological polar surface area (TPSA) is 75.7 Å². The fourth-order valence-corrected chi connectivity index (χ4v) is 4.60. The van der Waals surface area contributed by atoms with Crippen molar-refractivity contribution in [1.29, 1.82) is 0 Å². The number of aromatic amines is 1. The SMILES string of the molecule is CC(C)(C)c1[nH]c2ccc(NC(=O)C3(c4ccc5c(c4)OCO5)CC3)cc2c1C1C=N1. The van der Waals surface area contributed by atoms with Crippen LogP contribution in [0.4, 0.5) is 5.69 Å². The molecule has 0 saturated heterocycles. The fraction of sp³-hybridized carbons (Fsp3) is 0.360. The zero-order valence-electron chi connectivity index (χ0n) is 17.9. The smallest absolute Gasteiger partial charge is 0.235 e. The minimum Gasteiger partial charge on any atom is -0.454 e. The number of carbonyl (C=O) groups is 1. The van der Waals surface area contributed by atoms with Crippen LogP contribution in [0.2, 0.25) is 0 Å². The zero-order chi connectivity index (χ0) is 21.4. The number of nitrogens with zero attached hydrogens (tertiary/aromatic N) is 1. The summed E-state index contributed by atoms with van der Waals surface area (Å²) in [6, 6.07) is 12.1. The Morgan fingerprint density at radius 2 is 1.90 bits per heavy atom. The van der Waals surface area contributed by atoms with Gasteiger partial charge >= 0.3 is 0 Å². The molecule has 1 amide bonds. The van der Waals surface area contributed by atoms with E-state index in [0.29, 0.717) is 5.75 Å². The summed E-state index contributed by atoms with van der Waals surface area (Å²) < 4.78 is 10.9. The lowest BCUT2D eigenvalue weighted by molar-refractivity contribution is -0.118. The van der Waals surface area contributed by atoms with E-state index in [0.717, 1.165) is 40.7 Å². The number of anilines is 1. The van der Waals surface area contributed by atoms with Crippen LogP contribution in [0.25, 0.3) is 10.9 Å². The molecule has 6 heteroatoms. The number of rotatable bonds is 4. The van der Waals surface area contributed by atoms with Crippen molar-refractivity contribution in [2.45, 2.75) is 50.5 Å². The molecule has 6 nitrogen and oxygen atoms in total. The second kappa shape index (κ2) is 6.13. The summed E-state index contributed by atoms with van der Waals surface area (Å²) in [4.78, 5) is 21.3. The van der Waals surface area contributed by atoms with Gasteiger partial charge in [-0.3, -0.25) is 9.79 Å². The average Bonchev–Trinajstić information content (AvgIpc) is 3.65. The van der Waals surface area contributed by atoms with E-state index in [-0.39, 0.29) is 24.2 Å². The molecule has 0 spiro atoms. The molecule has 1 aliphatic carbocycles. The minimum absolute atomic E-state index is 0.0128.